The number of carbonyl (C=O) groups is 2. The molecule has 2 heterocycles. The van der Waals surface area contributed by atoms with Crippen molar-refractivity contribution in [1.29, 1.82) is 0 Å². The number of nitrogens with zero attached hydrogens (tertiary/aromatic N) is 1. The van der Waals surface area contributed by atoms with Gasteiger partial charge in [0.1, 0.15) is 0 Å². The quantitative estimate of drug-likeness (QED) is 0.859. The molecule has 3 rings (SSSR count). The summed E-state index contributed by atoms with van der Waals surface area (Å²) in [4.78, 5) is 25.3. The van der Waals surface area contributed by atoms with Crippen LogP contribution in [0.25, 0.3) is 0 Å². The van der Waals surface area contributed by atoms with E-state index in [1.807, 2.05) is 0 Å². The average Bonchev–Trinajstić information content (AvgIpc) is 2.52. The van der Waals surface area contributed by atoms with Gasteiger partial charge in [0.2, 0.25) is 11.8 Å². The molecule has 2 aliphatic rings. The number of nitrogens with one attached hydrogen (secondary N) is 1. The van der Waals surface area contributed by atoms with Crippen molar-refractivity contribution >= 4 is 17.5 Å². The molecular formula is C17H23N3O3. The van der Waals surface area contributed by atoms with E-state index in [0.717, 1.165) is 39.1 Å². The van der Waals surface area contributed by atoms with Gasteiger partial charge in [-0.15, -0.1) is 0 Å². The molecule has 23 heavy (non-hydrogen) atoms. The molecule has 0 atom stereocenters. The van der Waals surface area contributed by atoms with E-state index in [9.17, 15) is 9.59 Å². The summed E-state index contributed by atoms with van der Waals surface area (Å²) in [6, 6.07) is 6.61. The van der Waals surface area contributed by atoms with Crippen molar-refractivity contribution in [3.05, 3.63) is 29.8 Å². The molecule has 1 spiro atoms. The van der Waals surface area contributed by atoms with Crippen LogP contribution >= 0.6 is 0 Å². The minimum atomic E-state index is -0.471. The van der Waals surface area contributed by atoms with Crippen LogP contribution in [0, 0.1) is 0 Å². The van der Waals surface area contributed by atoms with Gasteiger partial charge in [-0.3, -0.25) is 9.59 Å². The third-order valence-electron chi connectivity index (χ3n) is 4.84. The summed E-state index contributed by atoms with van der Waals surface area (Å²) in [7, 11) is 0. The van der Waals surface area contributed by atoms with Crippen LogP contribution in [0.5, 0.6) is 0 Å². The lowest BCUT2D eigenvalue weighted by atomic mass is 9.84. The fourth-order valence-electron chi connectivity index (χ4n) is 3.17. The molecule has 0 saturated carbocycles. The van der Waals surface area contributed by atoms with Crippen LogP contribution in [0.3, 0.4) is 0 Å². The highest BCUT2D eigenvalue weighted by molar-refractivity contribution is 5.94. The molecule has 1 aromatic rings. The van der Waals surface area contributed by atoms with E-state index in [0.29, 0.717) is 17.7 Å². The first-order valence-corrected chi connectivity index (χ1v) is 8.12. The van der Waals surface area contributed by atoms with Gasteiger partial charge in [0.25, 0.3) is 0 Å². The second kappa shape index (κ2) is 6.68. The van der Waals surface area contributed by atoms with Crippen molar-refractivity contribution in [1.82, 2.24) is 4.90 Å². The van der Waals surface area contributed by atoms with Crippen LogP contribution in [0.1, 0.15) is 36.0 Å². The Kier molecular flexibility index (Phi) is 4.63. The maximum absolute atomic E-state index is 12.0. The Morgan fingerprint density at radius 1 is 1.17 bits per heavy atom. The van der Waals surface area contributed by atoms with Gasteiger partial charge in [-0.05, 0) is 43.5 Å². The Labute approximate surface area is 136 Å². The highest BCUT2D eigenvalue weighted by Gasteiger charge is 2.40. The minimum absolute atomic E-state index is 0.0167. The maximum Gasteiger partial charge on any atom is 0.248 e. The number of piperidine rings is 1. The SMILES string of the molecule is NC(=O)c1ccc(NC(=O)CCN2CCC3(CCO3)CC2)cc1. The third-order valence-corrected chi connectivity index (χ3v) is 4.84. The first-order chi connectivity index (χ1) is 11.1. The van der Waals surface area contributed by atoms with Gasteiger partial charge < -0.3 is 20.7 Å². The van der Waals surface area contributed by atoms with Crippen LogP contribution < -0.4 is 11.1 Å². The second-order valence-corrected chi connectivity index (χ2v) is 6.36. The molecule has 6 nitrogen and oxygen atoms in total. The number of amides is 2. The van der Waals surface area contributed by atoms with Crippen molar-refractivity contribution in [3.8, 4) is 0 Å². The Morgan fingerprint density at radius 2 is 1.83 bits per heavy atom. The normalized spacial score (nSPS) is 20.0. The van der Waals surface area contributed by atoms with Gasteiger partial charge in [-0.1, -0.05) is 0 Å². The van der Waals surface area contributed by atoms with Crippen LogP contribution in [0.4, 0.5) is 5.69 Å². The van der Waals surface area contributed by atoms with Crippen molar-refractivity contribution < 1.29 is 14.3 Å². The summed E-state index contributed by atoms with van der Waals surface area (Å²) in [6.07, 6.45) is 3.79. The number of rotatable bonds is 5. The molecule has 0 bridgehead atoms. The van der Waals surface area contributed by atoms with Crippen LogP contribution in [0.2, 0.25) is 0 Å². The number of hydrogen-bond donors (Lipinski definition) is 2. The standard InChI is InChI=1S/C17H23N3O3/c18-16(22)13-1-3-14(4-2-13)19-15(21)5-9-20-10-6-17(7-11-20)8-12-23-17/h1-4H,5-12H2,(H2,18,22)(H,19,21). The summed E-state index contributed by atoms with van der Waals surface area (Å²) >= 11 is 0. The monoisotopic (exact) mass is 317 g/mol. The summed E-state index contributed by atoms with van der Waals surface area (Å²) < 4.78 is 5.70. The van der Waals surface area contributed by atoms with Gasteiger partial charge >= 0.3 is 0 Å². The number of benzene rings is 1. The smallest absolute Gasteiger partial charge is 0.248 e. The first-order valence-electron chi connectivity index (χ1n) is 8.12. The molecule has 0 aromatic heterocycles. The van der Waals surface area contributed by atoms with Crippen LogP contribution in [0.15, 0.2) is 24.3 Å². The van der Waals surface area contributed by atoms with E-state index in [2.05, 4.69) is 10.2 Å². The van der Waals surface area contributed by atoms with Crippen molar-refractivity contribution in [2.24, 2.45) is 5.73 Å². The lowest BCUT2D eigenvalue weighted by Gasteiger charge is -2.47. The van der Waals surface area contributed by atoms with Gasteiger partial charge in [0.15, 0.2) is 0 Å². The highest BCUT2D eigenvalue weighted by Crippen LogP contribution is 2.36. The third kappa shape index (κ3) is 3.89. The van der Waals surface area contributed by atoms with E-state index >= 15 is 0 Å². The fraction of sp³-hybridized carbons (Fsp3) is 0.529. The van der Waals surface area contributed by atoms with Crippen molar-refractivity contribution in [3.63, 3.8) is 0 Å². The van der Waals surface area contributed by atoms with Gasteiger partial charge in [-0.25, -0.2) is 0 Å². The van der Waals surface area contributed by atoms with Gasteiger partial charge in [-0.2, -0.15) is 0 Å². The summed E-state index contributed by atoms with van der Waals surface area (Å²) in [5.41, 5.74) is 6.46. The molecule has 1 aromatic carbocycles. The number of likely N-dealkylation sites (tertiary alicyclic amines) is 1. The minimum Gasteiger partial charge on any atom is -0.375 e. The topological polar surface area (TPSA) is 84.7 Å². The number of primary amides is 1. The molecule has 124 valence electrons. The average molecular weight is 317 g/mol. The predicted molar refractivity (Wildman–Crippen MR) is 87.2 cm³/mol. The van der Waals surface area contributed by atoms with Gasteiger partial charge in [0.05, 0.1) is 12.2 Å². The Bertz CT molecular complexity index is 571. The molecule has 0 unspecified atom stereocenters. The summed E-state index contributed by atoms with van der Waals surface area (Å²) in [5.74, 6) is -0.488. The molecule has 2 fully saturated rings. The zero-order valence-corrected chi connectivity index (χ0v) is 13.2. The number of anilines is 1. The molecule has 0 aliphatic carbocycles. The molecule has 3 N–H and O–H groups in total. The van der Waals surface area contributed by atoms with E-state index < -0.39 is 5.91 Å². The zero-order valence-electron chi connectivity index (χ0n) is 13.2. The first kappa shape index (κ1) is 16.0. The number of carbonyl (C=O) groups excluding carboxylic acids is 2. The molecule has 2 aliphatic heterocycles. The molecule has 6 heteroatoms. The summed E-state index contributed by atoms with van der Waals surface area (Å²) in [6.45, 7) is 3.67. The summed E-state index contributed by atoms with van der Waals surface area (Å²) in [5, 5.41) is 2.84. The number of hydrogen-bond acceptors (Lipinski definition) is 4. The second-order valence-electron chi connectivity index (χ2n) is 6.36. The fourth-order valence-corrected chi connectivity index (χ4v) is 3.17. The maximum atomic E-state index is 12.0. The largest absolute Gasteiger partial charge is 0.375 e. The van der Waals surface area contributed by atoms with Gasteiger partial charge in [0, 0.05) is 37.3 Å². The van der Waals surface area contributed by atoms with E-state index in [1.165, 1.54) is 6.42 Å². The molecule has 2 saturated heterocycles. The predicted octanol–water partition coefficient (Wildman–Crippen LogP) is 1.37. The van der Waals surface area contributed by atoms with Crippen molar-refractivity contribution in [2.75, 3.05) is 31.6 Å². The number of ether oxygens (including phenoxy) is 1. The lowest BCUT2D eigenvalue weighted by Crippen LogP contribution is -2.52. The zero-order chi connectivity index (χ0) is 16.3. The van der Waals surface area contributed by atoms with E-state index in [4.69, 9.17) is 10.5 Å². The van der Waals surface area contributed by atoms with E-state index in [1.54, 1.807) is 24.3 Å². The lowest BCUT2D eigenvalue weighted by molar-refractivity contribution is -0.172. The van der Waals surface area contributed by atoms with E-state index in [-0.39, 0.29) is 11.5 Å². The highest BCUT2D eigenvalue weighted by atomic mass is 16.5. The Balaban J connectivity index is 1.40. The van der Waals surface area contributed by atoms with Crippen LogP contribution in [-0.4, -0.2) is 48.6 Å². The molecule has 2 amide bonds. The Hall–Kier alpha value is -1.92. The molecular weight excluding hydrogens is 294 g/mol. The Morgan fingerprint density at radius 3 is 2.35 bits per heavy atom. The van der Waals surface area contributed by atoms with Crippen molar-refractivity contribution in [2.45, 2.75) is 31.3 Å². The number of nitrogens with two attached hydrogens (primary N) is 1. The molecule has 0 radical (unpaired) electrons. The van der Waals surface area contributed by atoms with Crippen LogP contribution in [-0.2, 0) is 9.53 Å².